The van der Waals surface area contributed by atoms with Gasteiger partial charge in [0.2, 0.25) is 0 Å². The molecule has 100 valence electrons. The molecule has 0 fully saturated rings. The third-order valence-electron chi connectivity index (χ3n) is 3.42. The van der Waals surface area contributed by atoms with Gasteiger partial charge in [0.05, 0.1) is 11.3 Å². The van der Waals surface area contributed by atoms with Crippen LogP contribution in [0.4, 0.5) is 5.69 Å². The summed E-state index contributed by atoms with van der Waals surface area (Å²) in [7, 11) is 0. The molecule has 0 aliphatic carbocycles. The molecule has 0 atom stereocenters. The molecular weight excluding hydrogens is 318 g/mol. The van der Waals surface area contributed by atoms with Gasteiger partial charge in [0.25, 0.3) is 11.7 Å². The van der Waals surface area contributed by atoms with Gasteiger partial charge in [-0.05, 0) is 40.0 Å². The van der Waals surface area contributed by atoms with Crippen molar-refractivity contribution in [3.63, 3.8) is 0 Å². The lowest BCUT2D eigenvalue weighted by Crippen LogP contribution is -2.31. The van der Waals surface area contributed by atoms with Crippen molar-refractivity contribution in [1.29, 1.82) is 0 Å². The van der Waals surface area contributed by atoms with E-state index < -0.39 is 11.7 Å². The van der Waals surface area contributed by atoms with Gasteiger partial charge in [0.15, 0.2) is 0 Å². The van der Waals surface area contributed by atoms with Crippen LogP contribution < -0.4 is 4.90 Å². The molecule has 0 N–H and O–H groups in total. The zero-order chi connectivity index (χ0) is 14.1. The van der Waals surface area contributed by atoms with Crippen LogP contribution in [0.3, 0.4) is 0 Å². The van der Waals surface area contributed by atoms with Crippen molar-refractivity contribution < 1.29 is 9.59 Å². The first-order valence-electron chi connectivity index (χ1n) is 6.37. The van der Waals surface area contributed by atoms with E-state index in [9.17, 15) is 9.59 Å². The van der Waals surface area contributed by atoms with Gasteiger partial charge < -0.3 is 4.90 Å². The number of benzene rings is 2. The van der Waals surface area contributed by atoms with E-state index in [1.165, 1.54) is 0 Å². The number of rotatable bonds is 3. The number of anilines is 1. The molecule has 1 heterocycles. The van der Waals surface area contributed by atoms with Crippen LogP contribution in [-0.4, -0.2) is 18.2 Å². The van der Waals surface area contributed by atoms with E-state index in [-0.39, 0.29) is 0 Å². The summed E-state index contributed by atoms with van der Waals surface area (Å²) in [6.07, 6.45) is 0.728. The molecule has 0 bridgehead atoms. The highest BCUT2D eigenvalue weighted by Gasteiger charge is 2.36. The Bertz CT molecular complexity index is 682. The smallest absolute Gasteiger partial charge is 0.299 e. The molecule has 3 rings (SSSR count). The first-order chi connectivity index (χ1) is 9.68. The summed E-state index contributed by atoms with van der Waals surface area (Å²) < 4.78 is 0.676. The maximum absolute atomic E-state index is 12.1. The van der Waals surface area contributed by atoms with E-state index in [1.807, 2.05) is 42.5 Å². The Hall–Kier alpha value is -1.94. The number of carbonyl (C=O) groups is 2. The molecule has 1 aliphatic rings. The topological polar surface area (TPSA) is 37.4 Å². The molecule has 3 nitrogen and oxygen atoms in total. The van der Waals surface area contributed by atoms with Crippen LogP contribution in [0.25, 0.3) is 0 Å². The van der Waals surface area contributed by atoms with Crippen LogP contribution >= 0.6 is 15.9 Å². The third kappa shape index (κ3) is 2.16. The minimum Gasteiger partial charge on any atom is -0.304 e. The van der Waals surface area contributed by atoms with Gasteiger partial charge in [-0.25, -0.2) is 0 Å². The maximum atomic E-state index is 12.1. The van der Waals surface area contributed by atoms with E-state index in [2.05, 4.69) is 15.9 Å². The summed E-state index contributed by atoms with van der Waals surface area (Å²) >= 11 is 3.34. The second-order valence-electron chi connectivity index (χ2n) is 4.66. The molecular formula is C16H12BrNO2. The Kier molecular flexibility index (Phi) is 3.40. The lowest BCUT2D eigenvalue weighted by molar-refractivity contribution is -0.114. The number of halogens is 1. The predicted octanol–water partition coefficient (Wildman–Crippen LogP) is 3.22. The number of carbonyl (C=O) groups excluding carboxylic acids is 2. The van der Waals surface area contributed by atoms with Crippen molar-refractivity contribution in [2.45, 2.75) is 6.42 Å². The normalized spacial score (nSPS) is 13.8. The second-order valence-corrected chi connectivity index (χ2v) is 5.51. The average Bonchev–Trinajstić information content (AvgIpc) is 2.71. The van der Waals surface area contributed by atoms with Crippen molar-refractivity contribution in [2.24, 2.45) is 0 Å². The lowest BCUT2D eigenvalue weighted by Gasteiger charge is -2.16. The maximum Gasteiger partial charge on any atom is 0.299 e. The zero-order valence-electron chi connectivity index (χ0n) is 10.7. The highest BCUT2D eigenvalue weighted by atomic mass is 79.9. The van der Waals surface area contributed by atoms with E-state index in [1.54, 1.807) is 11.0 Å². The molecule has 2 aromatic carbocycles. The fourth-order valence-electron chi connectivity index (χ4n) is 2.41. The highest BCUT2D eigenvalue weighted by Crippen LogP contribution is 2.34. The molecule has 0 radical (unpaired) electrons. The summed E-state index contributed by atoms with van der Waals surface area (Å²) in [6.45, 7) is 0.512. The SMILES string of the molecule is O=C1C(=O)N(CCc2ccccc2)c2cccc(Br)c21. The standard InChI is InChI=1S/C16H12BrNO2/c17-12-7-4-8-13-14(12)15(19)16(20)18(13)10-9-11-5-2-1-3-6-11/h1-8H,9-10H2. The van der Waals surface area contributed by atoms with Crippen molar-refractivity contribution in [1.82, 2.24) is 0 Å². The summed E-state index contributed by atoms with van der Waals surface area (Å²) in [5, 5.41) is 0. The number of fused-ring (bicyclic) bond motifs is 1. The van der Waals surface area contributed by atoms with Crippen LogP contribution in [0, 0.1) is 0 Å². The van der Waals surface area contributed by atoms with E-state index in [0.29, 0.717) is 22.3 Å². The fraction of sp³-hybridized carbons (Fsp3) is 0.125. The Labute approximate surface area is 125 Å². The first kappa shape index (κ1) is 13.1. The largest absolute Gasteiger partial charge is 0.304 e. The number of amides is 1. The van der Waals surface area contributed by atoms with Gasteiger partial charge in [-0.15, -0.1) is 0 Å². The van der Waals surface area contributed by atoms with Crippen molar-refractivity contribution >= 4 is 33.3 Å². The minimum absolute atomic E-state index is 0.430. The molecule has 0 saturated heterocycles. The molecule has 0 spiro atoms. The second kappa shape index (κ2) is 5.21. The fourth-order valence-corrected chi connectivity index (χ4v) is 2.94. The van der Waals surface area contributed by atoms with Gasteiger partial charge >= 0.3 is 0 Å². The molecule has 0 unspecified atom stereocenters. The molecule has 2 aromatic rings. The monoisotopic (exact) mass is 329 g/mol. The van der Waals surface area contributed by atoms with Crippen molar-refractivity contribution in [3.05, 3.63) is 64.1 Å². The first-order valence-corrected chi connectivity index (χ1v) is 7.16. The Balaban J connectivity index is 1.87. The molecule has 1 aliphatic heterocycles. The van der Waals surface area contributed by atoms with Gasteiger partial charge in [0.1, 0.15) is 0 Å². The quantitative estimate of drug-likeness (QED) is 0.811. The molecule has 0 saturated carbocycles. The predicted molar refractivity (Wildman–Crippen MR) is 81.0 cm³/mol. The number of hydrogen-bond acceptors (Lipinski definition) is 2. The number of Topliss-reactive ketones (excluding diaryl/α,β-unsaturated/α-hetero) is 1. The summed E-state index contributed by atoms with van der Waals surface area (Å²) in [5.74, 6) is -0.872. The molecule has 4 heteroatoms. The lowest BCUT2D eigenvalue weighted by atomic mass is 10.1. The number of nitrogens with zero attached hydrogens (tertiary/aromatic N) is 1. The van der Waals surface area contributed by atoms with Gasteiger partial charge in [-0.2, -0.15) is 0 Å². The minimum atomic E-state index is -0.442. The Morgan fingerprint density at radius 3 is 2.45 bits per heavy atom. The van der Waals surface area contributed by atoms with Crippen LogP contribution in [-0.2, 0) is 11.2 Å². The van der Waals surface area contributed by atoms with Gasteiger partial charge in [-0.3, -0.25) is 9.59 Å². The Morgan fingerprint density at radius 2 is 1.70 bits per heavy atom. The number of hydrogen-bond donors (Lipinski definition) is 0. The zero-order valence-corrected chi connectivity index (χ0v) is 12.3. The molecule has 1 amide bonds. The van der Waals surface area contributed by atoms with Crippen LogP contribution in [0.1, 0.15) is 15.9 Å². The van der Waals surface area contributed by atoms with E-state index in [0.717, 1.165) is 12.0 Å². The average molecular weight is 330 g/mol. The van der Waals surface area contributed by atoms with Crippen molar-refractivity contribution in [2.75, 3.05) is 11.4 Å². The summed E-state index contributed by atoms with van der Waals surface area (Å²) in [5.41, 5.74) is 2.33. The molecule has 20 heavy (non-hydrogen) atoms. The highest BCUT2D eigenvalue weighted by molar-refractivity contribution is 9.10. The summed E-state index contributed by atoms with van der Waals surface area (Å²) in [6, 6.07) is 15.4. The van der Waals surface area contributed by atoms with Gasteiger partial charge in [-0.1, -0.05) is 36.4 Å². The van der Waals surface area contributed by atoms with Crippen molar-refractivity contribution in [3.8, 4) is 0 Å². The third-order valence-corrected chi connectivity index (χ3v) is 4.08. The van der Waals surface area contributed by atoms with Crippen LogP contribution in [0.15, 0.2) is 53.0 Å². The number of ketones is 1. The Morgan fingerprint density at radius 1 is 0.950 bits per heavy atom. The van der Waals surface area contributed by atoms with Crippen LogP contribution in [0.5, 0.6) is 0 Å². The summed E-state index contributed by atoms with van der Waals surface area (Å²) in [4.78, 5) is 25.7. The van der Waals surface area contributed by atoms with E-state index >= 15 is 0 Å². The van der Waals surface area contributed by atoms with Gasteiger partial charge in [0, 0.05) is 11.0 Å². The van der Waals surface area contributed by atoms with Crippen LogP contribution in [0.2, 0.25) is 0 Å². The molecule has 0 aromatic heterocycles. The van der Waals surface area contributed by atoms with E-state index in [4.69, 9.17) is 0 Å².